The molecule has 2 aromatic rings. The number of alkyl halides is 3. The van der Waals surface area contributed by atoms with Gasteiger partial charge in [-0.15, -0.1) is 0 Å². The van der Waals surface area contributed by atoms with Crippen LogP contribution in [0.3, 0.4) is 0 Å². The third-order valence-corrected chi connectivity index (χ3v) is 3.14. The number of nitrogens with zero attached hydrogens (tertiary/aromatic N) is 1. The zero-order chi connectivity index (χ0) is 14.2. The normalized spacial score (nSPS) is 14.3. The first-order valence-electron chi connectivity index (χ1n) is 6.09. The number of hydrogen-bond acceptors (Lipinski definition) is 2. The summed E-state index contributed by atoms with van der Waals surface area (Å²) in [5, 5.41) is 0. The first-order chi connectivity index (χ1) is 8.77. The molecule has 1 atom stereocenters. The van der Waals surface area contributed by atoms with E-state index in [1.807, 2.05) is 13.8 Å². The lowest BCUT2D eigenvalue weighted by atomic mass is 10.0. The van der Waals surface area contributed by atoms with Crippen LogP contribution in [-0.4, -0.2) is 16.0 Å². The minimum atomic E-state index is -4.34. The number of rotatable bonds is 3. The van der Waals surface area contributed by atoms with Gasteiger partial charge in [0.25, 0.3) is 0 Å². The molecule has 0 aliphatic carbocycles. The zero-order valence-electron chi connectivity index (χ0n) is 10.8. The average molecular weight is 271 g/mol. The van der Waals surface area contributed by atoms with E-state index in [2.05, 4.69) is 9.97 Å². The number of aromatic nitrogens is 2. The number of H-pyrrole nitrogens is 1. The van der Waals surface area contributed by atoms with Crippen LogP contribution in [0, 0.1) is 5.92 Å². The molecule has 0 aliphatic heterocycles. The van der Waals surface area contributed by atoms with Gasteiger partial charge in [0.2, 0.25) is 0 Å². The van der Waals surface area contributed by atoms with Crippen molar-refractivity contribution in [2.24, 2.45) is 11.7 Å². The monoisotopic (exact) mass is 271 g/mol. The second-order valence-electron chi connectivity index (χ2n) is 5.03. The van der Waals surface area contributed by atoms with Gasteiger partial charge in [0.1, 0.15) is 5.82 Å². The van der Waals surface area contributed by atoms with Crippen molar-refractivity contribution in [3.63, 3.8) is 0 Å². The van der Waals surface area contributed by atoms with Crippen LogP contribution in [0.4, 0.5) is 13.2 Å². The molecule has 0 bridgehead atoms. The Morgan fingerprint density at radius 1 is 1.32 bits per heavy atom. The maximum absolute atomic E-state index is 12.6. The lowest BCUT2D eigenvalue weighted by Gasteiger charge is -2.13. The van der Waals surface area contributed by atoms with Gasteiger partial charge in [-0.25, -0.2) is 4.98 Å². The minimum Gasteiger partial charge on any atom is -0.342 e. The number of fused-ring (bicyclic) bond motifs is 1. The molecule has 0 saturated heterocycles. The van der Waals surface area contributed by atoms with E-state index in [1.54, 1.807) is 0 Å². The Morgan fingerprint density at radius 2 is 2.00 bits per heavy atom. The summed E-state index contributed by atoms with van der Waals surface area (Å²) in [7, 11) is 0. The predicted molar refractivity (Wildman–Crippen MR) is 67.6 cm³/mol. The summed E-state index contributed by atoms with van der Waals surface area (Å²) in [6.45, 7) is 3.99. The molecule has 0 saturated carbocycles. The van der Waals surface area contributed by atoms with Crippen molar-refractivity contribution >= 4 is 11.0 Å². The fourth-order valence-electron chi connectivity index (χ4n) is 1.79. The van der Waals surface area contributed by atoms with Gasteiger partial charge in [0.15, 0.2) is 0 Å². The molecule has 6 heteroatoms. The van der Waals surface area contributed by atoms with Crippen molar-refractivity contribution in [3.8, 4) is 0 Å². The van der Waals surface area contributed by atoms with Gasteiger partial charge in [0, 0.05) is 12.5 Å². The van der Waals surface area contributed by atoms with Crippen molar-refractivity contribution < 1.29 is 13.2 Å². The van der Waals surface area contributed by atoms with Gasteiger partial charge < -0.3 is 10.7 Å². The highest BCUT2D eigenvalue weighted by atomic mass is 19.4. The Morgan fingerprint density at radius 3 is 2.58 bits per heavy atom. The molecule has 0 spiro atoms. The quantitative estimate of drug-likeness (QED) is 0.901. The van der Waals surface area contributed by atoms with Crippen molar-refractivity contribution in [2.75, 3.05) is 0 Å². The molecule has 1 aromatic carbocycles. The van der Waals surface area contributed by atoms with E-state index < -0.39 is 11.7 Å². The molecule has 3 N–H and O–H groups in total. The molecule has 104 valence electrons. The Bertz CT molecular complexity index is 572. The van der Waals surface area contributed by atoms with Crippen LogP contribution in [0.5, 0.6) is 0 Å². The molecule has 0 aliphatic rings. The zero-order valence-corrected chi connectivity index (χ0v) is 10.8. The van der Waals surface area contributed by atoms with Crippen molar-refractivity contribution in [1.82, 2.24) is 9.97 Å². The minimum absolute atomic E-state index is 0.0670. The van der Waals surface area contributed by atoms with E-state index >= 15 is 0 Å². The number of nitrogens with one attached hydrogen (secondary N) is 1. The van der Waals surface area contributed by atoms with Crippen LogP contribution in [-0.2, 0) is 12.6 Å². The molecular weight excluding hydrogens is 255 g/mol. The molecule has 0 fully saturated rings. The summed E-state index contributed by atoms with van der Waals surface area (Å²) in [5.41, 5.74) is 6.17. The lowest BCUT2D eigenvalue weighted by Crippen LogP contribution is -2.29. The third kappa shape index (κ3) is 3.07. The van der Waals surface area contributed by atoms with Gasteiger partial charge in [0.05, 0.1) is 16.6 Å². The molecular formula is C13H16F3N3. The Labute approximate surface area is 109 Å². The highest BCUT2D eigenvalue weighted by molar-refractivity contribution is 5.76. The number of hydrogen-bond donors (Lipinski definition) is 2. The SMILES string of the molecule is CC(C)C(N)Cc1nc2ccc(C(F)(F)F)cc2[nH]1. The van der Waals surface area contributed by atoms with Crippen LogP contribution < -0.4 is 5.73 Å². The largest absolute Gasteiger partial charge is 0.416 e. The Kier molecular flexibility index (Phi) is 3.54. The molecule has 0 radical (unpaired) electrons. The first-order valence-corrected chi connectivity index (χ1v) is 6.09. The van der Waals surface area contributed by atoms with Crippen molar-refractivity contribution in [1.29, 1.82) is 0 Å². The number of halogens is 3. The molecule has 3 nitrogen and oxygen atoms in total. The van der Waals surface area contributed by atoms with E-state index in [0.29, 0.717) is 29.2 Å². The van der Waals surface area contributed by atoms with Crippen molar-refractivity contribution in [2.45, 2.75) is 32.5 Å². The predicted octanol–water partition coefficient (Wildman–Crippen LogP) is 3.11. The summed E-state index contributed by atoms with van der Waals surface area (Å²) in [6.07, 6.45) is -3.82. The highest BCUT2D eigenvalue weighted by Crippen LogP contribution is 2.30. The topological polar surface area (TPSA) is 54.7 Å². The summed E-state index contributed by atoms with van der Waals surface area (Å²) in [5.74, 6) is 0.912. The Hall–Kier alpha value is -1.56. The highest BCUT2D eigenvalue weighted by Gasteiger charge is 2.30. The molecule has 0 amide bonds. The van der Waals surface area contributed by atoms with Gasteiger partial charge in [-0.05, 0) is 24.1 Å². The first kappa shape index (κ1) is 13.9. The van der Waals surface area contributed by atoms with Crippen LogP contribution in [0.1, 0.15) is 25.2 Å². The summed E-state index contributed by atoms with van der Waals surface area (Å²) in [4.78, 5) is 7.16. The molecule has 2 rings (SSSR count). The van der Waals surface area contributed by atoms with E-state index in [1.165, 1.54) is 6.07 Å². The number of imidazole rings is 1. The second-order valence-corrected chi connectivity index (χ2v) is 5.03. The summed E-state index contributed by atoms with van der Waals surface area (Å²) >= 11 is 0. The maximum atomic E-state index is 12.6. The van der Waals surface area contributed by atoms with E-state index in [0.717, 1.165) is 12.1 Å². The standard InChI is InChI=1S/C13H16F3N3/c1-7(2)9(17)6-12-18-10-4-3-8(13(14,15)16)5-11(10)19-12/h3-5,7,9H,6,17H2,1-2H3,(H,18,19). The van der Waals surface area contributed by atoms with E-state index in [4.69, 9.17) is 5.73 Å². The number of nitrogens with two attached hydrogens (primary N) is 1. The number of aromatic amines is 1. The lowest BCUT2D eigenvalue weighted by molar-refractivity contribution is -0.137. The van der Waals surface area contributed by atoms with Gasteiger partial charge in [-0.1, -0.05) is 13.8 Å². The van der Waals surface area contributed by atoms with Crippen LogP contribution >= 0.6 is 0 Å². The molecule has 1 aromatic heterocycles. The average Bonchev–Trinajstić information content (AvgIpc) is 2.68. The summed E-state index contributed by atoms with van der Waals surface area (Å²) in [6, 6.07) is 3.42. The second kappa shape index (κ2) is 4.85. The van der Waals surface area contributed by atoms with Gasteiger partial charge >= 0.3 is 6.18 Å². The molecule has 1 heterocycles. The van der Waals surface area contributed by atoms with Crippen LogP contribution in [0.25, 0.3) is 11.0 Å². The maximum Gasteiger partial charge on any atom is 0.416 e. The molecule has 1 unspecified atom stereocenters. The summed E-state index contributed by atoms with van der Waals surface area (Å²) < 4.78 is 37.8. The van der Waals surface area contributed by atoms with Crippen molar-refractivity contribution in [3.05, 3.63) is 29.6 Å². The Balaban J connectivity index is 2.31. The van der Waals surface area contributed by atoms with E-state index in [9.17, 15) is 13.2 Å². The fourth-order valence-corrected chi connectivity index (χ4v) is 1.79. The smallest absolute Gasteiger partial charge is 0.342 e. The van der Waals surface area contributed by atoms with Gasteiger partial charge in [-0.3, -0.25) is 0 Å². The van der Waals surface area contributed by atoms with Gasteiger partial charge in [-0.2, -0.15) is 13.2 Å². The molecule has 19 heavy (non-hydrogen) atoms. The van der Waals surface area contributed by atoms with E-state index in [-0.39, 0.29) is 6.04 Å². The fraction of sp³-hybridized carbons (Fsp3) is 0.462. The number of benzene rings is 1. The van der Waals surface area contributed by atoms with Crippen LogP contribution in [0.2, 0.25) is 0 Å². The third-order valence-electron chi connectivity index (χ3n) is 3.14. The van der Waals surface area contributed by atoms with Crippen LogP contribution in [0.15, 0.2) is 18.2 Å².